The summed E-state index contributed by atoms with van der Waals surface area (Å²) in [5, 5.41) is 5.64. The number of rotatable bonds is 6. The normalized spacial score (nSPS) is 20.5. The predicted octanol–water partition coefficient (Wildman–Crippen LogP) is 1.38. The molecule has 0 spiro atoms. The third kappa shape index (κ3) is 4.22. The smallest absolute Gasteiger partial charge is 0.266 e. The minimum absolute atomic E-state index is 0.0455. The van der Waals surface area contributed by atoms with Crippen LogP contribution in [0.1, 0.15) is 25.7 Å². The maximum atomic E-state index is 12.0. The average molecular weight is 317 g/mol. The Balaban J connectivity index is 1.40. The summed E-state index contributed by atoms with van der Waals surface area (Å²) in [7, 11) is 0. The van der Waals surface area contributed by atoms with Crippen molar-refractivity contribution >= 4 is 17.5 Å². The van der Waals surface area contributed by atoms with E-state index >= 15 is 0 Å². The third-order valence-electron chi connectivity index (χ3n) is 4.25. The zero-order valence-electron chi connectivity index (χ0n) is 13.2. The highest BCUT2D eigenvalue weighted by atomic mass is 16.5. The fraction of sp³-hybridized carbons (Fsp3) is 0.529. The zero-order chi connectivity index (χ0) is 16.1. The summed E-state index contributed by atoms with van der Waals surface area (Å²) in [5.74, 6) is 0.195. The van der Waals surface area contributed by atoms with E-state index in [-0.39, 0.29) is 18.2 Å². The predicted molar refractivity (Wildman–Crippen MR) is 87.4 cm³/mol. The van der Waals surface area contributed by atoms with Gasteiger partial charge in [-0.2, -0.15) is 0 Å². The first-order chi connectivity index (χ1) is 11.2. The highest BCUT2D eigenvalue weighted by Crippen LogP contribution is 2.29. The van der Waals surface area contributed by atoms with E-state index in [0.717, 1.165) is 13.0 Å². The SMILES string of the molecule is O=C(CC1Oc2ccccc2NC1=O)NCCCN1CCCC1. The van der Waals surface area contributed by atoms with E-state index in [1.54, 1.807) is 12.1 Å². The van der Waals surface area contributed by atoms with Gasteiger partial charge in [-0.1, -0.05) is 12.1 Å². The molecule has 23 heavy (non-hydrogen) atoms. The summed E-state index contributed by atoms with van der Waals surface area (Å²) in [6, 6.07) is 7.24. The van der Waals surface area contributed by atoms with Gasteiger partial charge in [0, 0.05) is 6.54 Å². The van der Waals surface area contributed by atoms with Gasteiger partial charge >= 0.3 is 0 Å². The minimum atomic E-state index is -0.761. The summed E-state index contributed by atoms with van der Waals surface area (Å²) in [6.45, 7) is 4.00. The third-order valence-corrected chi connectivity index (χ3v) is 4.25. The van der Waals surface area contributed by atoms with Gasteiger partial charge in [0.05, 0.1) is 12.1 Å². The Morgan fingerprint density at radius 1 is 1.30 bits per heavy atom. The molecule has 0 bridgehead atoms. The van der Waals surface area contributed by atoms with Crippen LogP contribution < -0.4 is 15.4 Å². The molecule has 1 aromatic carbocycles. The van der Waals surface area contributed by atoms with Gasteiger partial charge in [-0.15, -0.1) is 0 Å². The van der Waals surface area contributed by atoms with Crippen molar-refractivity contribution in [2.75, 3.05) is 31.5 Å². The molecule has 0 saturated carbocycles. The standard InChI is InChI=1S/C17H23N3O3/c21-16(18-8-5-11-20-9-3-4-10-20)12-15-17(22)19-13-6-1-2-7-14(13)23-15/h1-2,6-7,15H,3-5,8-12H2,(H,18,21)(H,19,22). The molecule has 124 valence electrons. The van der Waals surface area contributed by atoms with Gasteiger partial charge in [0.25, 0.3) is 5.91 Å². The van der Waals surface area contributed by atoms with E-state index in [1.165, 1.54) is 25.9 Å². The lowest BCUT2D eigenvalue weighted by Gasteiger charge is -2.25. The fourth-order valence-corrected chi connectivity index (χ4v) is 3.00. The Labute approximate surface area is 136 Å². The Hall–Kier alpha value is -2.08. The second-order valence-electron chi connectivity index (χ2n) is 6.05. The highest BCUT2D eigenvalue weighted by Gasteiger charge is 2.29. The largest absolute Gasteiger partial charge is 0.478 e. The van der Waals surface area contributed by atoms with Crippen molar-refractivity contribution in [2.24, 2.45) is 0 Å². The molecule has 0 aliphatic carbocycles. The monoisotopic (exact) mass is 317 g/mol. The molecule has 6 nitrogen and oxygen atoms in total. The molecule has 2 aliphatic heterocycles. The summed E-state index contributed by atoms with van der Waals surface area (Å²) in [4.78, 5) is 26.4. The fourth-order valence-electron chi connectivity index (χ4n) is 3.00. The van der Waals surface area contributed by atoms with Crippen molar-refractivity contribution in [3.05, 3.63) is 24.3 Å². The van der Waals surface area contributed by atoms with Crippen LogP contribution in [-0.4, -0.2) is 49.0 Å². The number of nitrogens with one attached hydrogen (secondary N) is 2. The van der Waals surface area contributed by atoms with Crippen molar-refractivity contribution in [2.45, 2.75) is 31.8 Å². The summed E-state index contributed by atoms with van der Waals surface area (Å²) < 4.78 is 5.62. The molecule has 6 heteroatoms. The van der Waals surface area contributed by atoms with E-state index < -0.39 is 6.10 Å². The Morgan fingerprint density at radius 3 is 2.91 bits per heavy atom. The van der Waals surface area contributed by atoms with Gasteiger partial charge in [0.2, 0.25) is 5.91 Å². The molecule has 2 aliphatic rings. The lowest BCUT2D eigenvalue weighted by Crippen LogP contribution is -2.41. The van der Waals surface area contributed by atoms with E-state index in [2.05, 4.69) is 15.5 Å². The first-order valence-electron chi connectivity index (χ1n) is 8.28. The van der Waals surface area contributed by atoms with Crippen LogP contribution >= 0.6 is 0 Å². The van der Waals surface area contributed by atoms with Crippen molar-refractivity contribution in [3.63, 3.8) is 0 Å². The van der Waals surface area contributed by atoms with Crippen LogP contribution in [0.5, 0.6) is 5.75 Å². The first kappa shape index (κ1) is 15.8. The molecule has 1 aromatic rings. The molecular formula is C17H23N3O3. The number of amides is 2. The summed E-state index contributed by atoms with van der Waals surface area (Å²) >= 11 is 0. The molecule has 0 aromatic heterocycles. The summed E-state index contributed by atoms with van der Waals surface area (Å²) in [5.41, 5.74) is 0.653. The minimum Gasteiger partial charge on any atom is -0.478 e. The van der Waals surface area contributed by atoms with E-state index in [9.17, 15) is 9.59 Å². The lowest BCUT2D eigenvalue weighted by molar-refractivity contribution is -0.130. The number of carbonyl (C=O) groups excluding carboxylic acids is 2. The number of hydrogen-bond donors (Lipinski definition) is 2. The topological polar surface area (TPSA) is 70.7 Å². The number of hydrogen-bond acceptors (Lipinski definition) is 4. The maximum Gasteiger partial charge on any atom is 0.266 e. The first-order valence-corrected chi connectivity index (χ1v) is 8.28. The van der Waals surface area contributed by atoms with Crippen molar-refractivity contribution in [3.8, 4) is 5.75 Å². The number of carbonyl (C=O) groups is 2. The van der Waals surface area contributed by atoms with Gasteiger partial charge < -0.3 is 20.3 Å². The van der Waals surface area contributed by atoms with Gasteiger partial charge in [-0.05, 0) is 51.0 Å². The maximum absolute atomic E-state index is 12.0. The van der Waals surface area contributed by atoms with Gasteiger partial charge in [-0.25, -0.2) is 0 Å². The molecule has 2 N–H and O–H groups in total. The van der Waals surface area contributed by atoms with Crippen LogP contribution in [0.25, 0.3) is 0 Å². The van der Waals surface area contributed by atoms with Crippen molar-refractivity contribution in [1.82, 2.24) is 10.2 Å². The average Bonchev–Trinajstić information content (AvgIpc) is 3.06. The number of nitrogens with zero attached hydrogens (tertiary/aromatic N) is 1. The number of fused-ring (bicyclic) bond motifs is 1. The summed E-state index contributed by atoms with van der Waals surface area (Å²) in [6.07, 6.45) is 2.78. The van der Waals surface area contributed by atoms with Crippen LogP contribution in [0.4, 0.5) is 5.69 Å². The van der Waals surface area contributed by atoms with Crippen molar-refractivity contribution in [1.29, 1.82) is 0 Å². The highest BCUT2D eigenvalue weighted by molar-refractivity contribution is 5.99. The Kier molecular flexibility index (Phi) is 5.12. The second kappa shape index (κ2) is 7.46. The van der Waals surface area contributed by atoms with E-state index in [1.807, 2.05) is 12.1 Å². The number of likely N-dealkylation sites (tertiary alicyclic amines) is 1. The van der Waals surface area contributed by atoms with Crippen LogP contribution in [0.15, 0.2) is 24.3 Å². The van der Waals surface area contributed by atoms with Crippen LogP contribution in [0, 0.1) is 0 Å². The quantitative estimate of drug-likeness (QED) is 0.778. The number of anilines is 1. The van der Waals surface area contributed by atoms with Gasteiger partial charge in [0.15, 0.2) is 6.10 Å². The van der Waals surface area contributed by atoms with E-state index in [4.69, 9.17) is 4.74 Å². The molecule has 1 fully saturated rings. The molecule has 2 heterocycles. The van der Waals surface area contributed by atoms with Crippen LogP contribution in [0.2, 0.25) is 0 Å². The van der Waals surface area contributed by atoms with Crippen molar-refractivity contribution < 1.29 is 14.3 Å². The molecular weight excluding hydrogens is 294 g/mol. The molecule has 0 radical (unpaired) electrons. The van der Waals surface area contributed by atoms with Crippen LogP contribution in [-0.2, 0) is 9.59 Å². The molecule has 1 atom stereocenters. The van der Waals surface area contributed by atoms with Gasteiger partial charge in [-0.3, -0.25) is 9.59 Å². The van der Waals surface area contributed by atoms with Crippen LogP contribution in [0.3, 0.4) is 0 Å². The number of para-hydroxylation sites is 2. The molecule has 2 amide bonds. The van der Waals surface area contributed by atoms with Gasteiger partial charge in [0.1, 0.15) is 5.75 Å². The molecule has 1 unspecified atom stereocenters. The Bertz CT molecular complexity index is 570. The zero-order valence-corrected chi connectivity index (χ0v) is 13.2. The second-order valence-corrected chi connectivity index (χ2v) is 6.05. The number of benzene rings is 1. The van der Waals surface area contributed by atoms with E-state index in [0.29, 0.717) is 18.0 Å². The molecule has 1 saturated heterocycles. The molecule has 3 rings (SSSR count). The Morgan fingerprint density at radius 2 is 2.09 bits per heavy atom. The lowest BCUT2D eigenvalue weighted by atomic mass is 10.1. The number of ether oxygens (including phenoxy) is 1.